The van der Waals surface area contributed by atoms with Crippen LogP contribution >= 0.6 is 0 Å². The molecule has 0 aliphatic carbocycles. The molecule has 4 nitrogen and oxygen atoms in total. The normalized spacial score (nSPS) is 23.6. The van der Waals surface area contributed by atoms with Gasteiger partial charge in [-0.25, -0.2) is 0 Å². The molecule has 92 valence electrons. The lowest BCUT2D eigenvalue weighted by atomic mass is 10.2. The van der Waals surface area contributed by atoms with Crippen LogP contribution in [0.1, 0.15) is 18.9 Å². The van der Waals surface area contributed by atoms with Gasteiger partial charge in [0, 0.05) is 13.3 Å². The molecule has 0 spiro atoms. The second-order valence-corrected chi connectivity index (χ2v) is 4.03. The van der Waals surface area contributed by atoms with Crippen molar-refractivity contribution in [1.82, 2.24) is 0 Å². The molecule has 1 aromatic rings. The van der Waals surface area contributed by atoms with Gasteiger partial charge in [0.1, 0.15) is 0 Å². The fourth-order valence-electron chi connectivity index (χ4n) is 1.74. The molecule has 1 aliphatic heterocycles. The van der Waals surface area contributed by atoms with Gasteiger partial charge in [0.05, 0.1) is 19.3 Å². The van der Waals surface area contributed by atoms with Gasteiger partial charge in [-0.3, -0.25) is 4.79 Å². The van der Waals surface area contributed by atoms with Crippen molar-refractivity contribution in [3.63, 3.8) is 0 Å². The van der Waals surface area contributed by atoms with E-state index in [-0.39, 0.29) is 12.1 Å². The fourth-order valence-corrected chi connectivity index (χ4v) is 1.74. The highest BCUT2D eigenvalue weighted by atomic mass is 16.7. The summed E-state index contributed by atoms with van der Waals surface area (Å²) in [6.45, 7) is 2.41. The molecule has 0 aromatic heterocycles. The zero-order chi connectivity index (χ0) is 12.1. The van der Waals surface area contributed by atoms with Crippen LogP contribution in [0.3, 0.4) is 0 Å². The Balaban J connectivity index is 1.73. The molecule has 0 bridgehead atoms. The average molecular weight is 236 g/mol. The van der Waals surface area contributed by atoms with E-state index < -0.39 is 6.29 Å². The van der Waals surface area contributed by atoms with Crippen molar-refractivity contribution in [3.05, 3.63) is 35.9 Å². The molecule has 1 heterocycles. The van der Waals surface area contributed by atoms with Crippen molar-refractivity contribution in [1.29, 1.82) is 0 Å². The number of hydrogen-bond acceptors (Lipinski definition) is 4. The molecule has 0 radical (unpaired) electrons. The monoisotopic (exact) mass is 236 g/mol. The van der Waals surface area contributed by atoms with E-state index >= 15 is 0 Å². The number of hydrogen-bond donors (Lipinski definition) is 0. The first-order valence-electron chi connectivity index (χ1n) is 5.68. The predicted octanol–water partition coefficient (Wildman–Crippen LogP) is 1.88. The Labute approximate surface area is 100 Å². The number of carbonyl (C=O) groups excluding carboxylic acids is 1. The number of carbonyl (C=O) groups is 1. The van der Waals surface area contributed by atoms with Crippen molar-refractivity contribution in [2.24, 2.45) is 0 Å². The zero-order valence-electron chi connectivity index (χ0n) is 9.80. The van der Waals surface area contributed by atoms with Crippen LogP contribution in [0.2, 0.25) is 0 Å². The molecule has 0 N–H and O–H groups in total. The first-order valence-corrected chi connectivity index (χ1v) is 5.68. The maximum Gasteiger partial charge on any atom is 0.304 e. The Kier molecular flexibility index (Phi) is 4.12. The highest BCUT2D eigenvalue weighted by Crippen LogP contribution is 2.18. The van der Waals surface area contributed by atoms with Crippen LogP contribution < -0.4 is 0 Å². The smallest absolute Gasteiger partial charge is 0.304 e. The van der Waals surface area contributed by atoms with Crippen molar-refractivity contribution >= 4 is 5.97 Å². The first kappa shape index (κ1) is 12.1. The maximum atomic E-state index is 10.7. The van der Waals surface area contributed by atoms with E-state index in [0.29, 0.717) is 19.6 Å². The highest BCUT2D eigenvalue weighted by Gasteiger charge is 2.28. The molecular formula is C13H16O4. The lowest BCUT2D eigenvalue weighted by Crippen LogP contribution is -2.16. The van der Waals surface area contributed by atoms with Gasteiger partial charge >= 0.3 is 5.97 Å². The molecule has 0 saturated carbocycles. The summed E-state index contributed by atoms with van der Waals surface area (Å²) in [6, 6.07) is 9.95. The molecule has 1 aromatic carbocycles. The van der Waals surface area contributed by atoms with E-state index in [1.54, 1.807) is 0 Å². The van der Waals surface area contributed by atoms with E-state index in [4.69, 9.17) is 14.2 Å². The summed E-state index contributed by atoms with van der Waals surface area (Å²) in [5.74, 6) is -0.321. The van der Waals surface area contributed by atoms with Crippen LogP contribution in [0.15, 0.2) is 30.3 Å². The fraction of sp³-hybridized carbons (Fsp3) is 0.462. The highest BCUT2D eigenvalue weighted by molar-refractivity contribution is 5.66. The summed E-state index contributed by atoms with van der Waals surface area (Å²) in [7, 11) is 0. The third-order valence-corrected chi connectivity index (χ3v) is 2.55. The second kappa shape index (κ2) is 5.80. The molecular weight excluding hydrogens is 220 g/mol. The molecule has 4 heteroatoms. The topological polar surface area (TPSA) is 44.8 Å². The maximum absolute atomic E-state index is 10.7. The van der Waals surface area contributed by atoms with Crippen LogP contribution in [-0.4, -0.2) is 25.0 Å². The van der Waals surface area contributed by atoms with Crippen LogP contribution in [0.5, 0.6) is 0 Å². The van der Waals surface area contributed by atoms with E-state index in [1.165, 1.54) is 6.92 Å². The molecule has 1 saturated heterocycles. The van der Waals surface area contributed by atoms with Gasteiger partial charge in [0.15, 0.2) is 0 Å². The van der Waals surface area contributed by atoms with E-state index in [0.717, 1.165) is 5.56 Å². The van der Waals surface area contributed by atoms with Crippen molar-refractivity contribution < 1.29 is 19.0 Å². The molecule has 2 rings (SSSR count). The van der Waals surface area contributed by atoms with E-state index in [2.05, 4.69) is 0 Å². The van der Waals surface area contributed by atoms with Crippen molar-refractivity contribution in [3.8, 4) is 0 Å². The summed E-state index contributed by atoms with van der Waals surface area (Å²) in [5.41, 5.74) is 1.13. The van der Waals surface area contributed by atoms with Gasteiger partial charge in [-0.15, -0.1) is 0 Å². The lowest BCUT2D eigenvalue weighted by Gasteiger charge is -2.10. The third kappa shape index (κ3) is 3.84. The third-order valence-electron chi connectivity index (χ3n) is 2.55. The van der Waals surface area contributed by atoms with Crippen LogP contribution in [0.4, 0.5) is 0 Å². The first-order chi connectivity index (χ1) is 8.24. The standard InChI is InChI=1S/C13H16O4/c1-10(14)17-13-7-12(9-16-13)15-8-11-5-3-2-4-6-11/h2-6,12-13H,7-9H2,1H3/t12-,13+/m0/s1. The quantitative estimate of drug-likeness (QED) is 0.749. The number of rotatable bonds is 4. The lowest BCUT2D eigenvalue weighted by molar-refractivity contribution is -0.166. The Bertz CT molecular complexity index is 363. The SMILES string of the molecule is CC(=O)O[C@@H]1C[C@H](OCc2ccccc2)CO1. The Morgan fingerprint density at radius 2 is 2.18 bits per heavy atom. The molecule has 2 atom stereocenters. The summed E-state index contributed by atoms with van der Waals surface area (Å²) in [6.07, 6.45) is 0.153. The number of esters is 1. The molecule has 0 unspecified atom stereocenters. The van der Waals surface area contributed by atoms with Gasteiger partial charge < -0.3 is 14.2 Å². The zero-order valence-corrected chi connectivity index (χ0v) is 9.80. The summed E-state index contributed by atoms with van der Waals surface area (Å²) < 4.78 is 15.9. The van der Waals surface area contributed by atoms with Crippen molar-refractivity contribution in [2.45, 2.75) is 32.3 Å². The minimum atomic E-state index is -0.451. The molecule has 1 aliphatic rings. The predicted molar refractivity (Wildman–Crippen MR) is 61.1 cm³/mol. The van der Waals surface area contributed by atoms with Gasteiger partial charge in [-0.1, -0.05) is 30.3 Å². The van der Waals surface area contributed by atoms with Crippen LogP contribution in [0.25, 0.3) is 0 Å². The second-order valence-electron chi connectivity index (χ2n) is 4.03. The van der Waals surface area contributed by atoms with Gasteiger partial charge in [0.2, 0.25) is 6.29 Å². The largest absolute Gasteiger partial charge is 0.436 e. The molecule has 1 fully saturated rings. The summed E-state index contributed by atoms with van der Waals surface area (Å²) in [4.78, 5) is 10.7. The average Bonchev–Trinajstić information content (AvgIpc) is 2.75. The molecule has 17 heavy (non-hydrogen) atoms. The van der Waals surface area contributed by atoms with E-state index in [9.17, 15) is 4.79 Å². The van der Waals surface area contributed by atoms with Gasteiger partial charge in [-0.05, 0) is 5.56 Å². The summed E-state index contributed by atoms with van der Waals surface area (Å²) >= 11 is 0. The minimum Gasteiger partial charge on any atom is -0.436 e. The minimum absolute atomic E-state index is 0.000411. The van der Waals surface area contributed by atoms with Gasteiger partial charge in [0.25, 0.3) is 0 Å². The van der Waals surface area contributed by atoms with Crippen LogP contribution in [-0.2, 0) is 25.6 Å². The van der Waals surface area contributed by atoms with Gasteiger partial charge in [-0.2, -0.15) is 0 Å². The number of benzene rings is 1. The number of ether oxygens (including phenoxy) is 3. The Morgan fingerprint density at radius 1 is 1.41 bits per heavy atom. The van der Waals surface area contributed by atoms with Crippen LogP contribution in [0, 0.1) is 0 Å². The van der Waals surface area contributed by atoms with E-state index in [1.807, 2.05) is 30.3 Å². The Morgan fingerprint density at radius 3 is 2.88 bits per heavy atom. The van der Waals surface area contributed by atoms with Crippen molar-refractivity contribution in [2.75, 3.05) is 6.61 Å². The Hall–Kier alpha value is -1.39. The summed E-state index contributed by atoms with van der Waals surface area (Å²) in [5, 5.41) is 0. The molecule has 0 amide bonds.